The number of hydrogen-bond acceptors (Lipinski definition) is 8. The van der Waals surface area contributed by atoms with Crippen molar-refractivity contribution < 1.29 is 4.21 Å². The van der Waals surface area contributed by atoms with Crippen LogP contribution in [0.1, 0.15) is 6.92 Å². The summed E-state index contributed by atoms with van der Waals surface area (Å²) in [6, 6.07) is 0. The van der Waals surface area contributed by atoms with Gasteiger partial charge in [0.15, 0.2) is 0 Å². The molecule has 1 saturated heterocycles. The van der Waals surface area contributed by atoms with Gasteiger partial charge in [0, 0.05) is 41.9 Å². The molecule has 0 atom stereocenters. The summed E-state index contributed by atoms with van der Waals surface area (Å²) in [4.78, 5) is 19.1. The van der Waals surface area contributed by atoms with Crippen molar-refractivity contribution in [2.24, 2.45) is 0 Å². The van der Waals surface area contributed by atoms with Crippen LogP contribution in [-0.2, 0) is 10.8 Å². The summed E-state index contributed by atoms with van der Waals surface area (Å²) in [5.41, 5.74) is 0. The first-order chi connectivity index (χ1) is 10.3. The number of aromatic nitrogens is 6. The summed E-state index contributed by atoms with van der Waals surface area (Å²) in [5.74, 6) is 2.77. The lowest BCUT2D eigenvalue weighted by atomic mass is 10.5. The van der Waals surface area contributed by atoms with E-state index in [-0.39, 0.29) is 0 Å². The van der Waals surface area contributed by atoms with Crippen molar-refractivity contribution >= 4 is 22.7 Å². The molecular weight excluding hydrogens is 292 g/mol. The van der Waals surface area contributed by atoms with Gasteiger partial charge in [-0.05, 0) is 6.92 Å². The standard InChI is InChI=1S/C11H16N8OS/c1-2-13-9-15-10(18-3-5-21(20)6-4-18)17-11(16-9)19-8-12-7-14-19/h7-8H,2-6H2,1H3,(H,13,15,16,17). The molecule has 0 bridgehead atoms. The largest absolute Gasteiger partial charge is 0.354 e. The van der Waals surface area contributed by atoms with Gasteiger partial charge >= 0.3 is 0 Å². The van der Waals surface area contributed by atoms with Crippen molar-refractivity contribution in [2.45, 2.75) is 6.92 Å². The Kier molecular flexibility index (Phi) is 4.04. The third-order valence-electron chi connectivity index (χ3n) is 3.03. The zero-order valence-electron chi connectivity index (χ0n) is 11.6. The Labute approximate surface area is 124 Å². The van der Waals surface area contributed by atoms with Crippen molar-refractivity contribution in [1.82, 2.24) is 29.7 Å². The predicted octanol–water partition coefficient (Wildman–Crippen LogP) is -0.547. The molecule has 9 nitrogen and oxygen atoms in total. The van der Waals surface area contributed by atoms with E-state index in [1.54, 1.807) is 6.33 Å². The van der Waals surface area contributed by atoms with Crippen LogP contribution in [-0.4, -0.2) is 65.1 Å². The first kappa shape index (κ1) is 13.9. The van der Waals surface area contributed by atoms with E-state index in [2.05, 4.69) is 30.4 Å². The van der Waals surface area contributed by atoms with Gasteiger partial charge in [0.1, 0.15) is 12.7 Å². The Morgan fingerprint density at radius 2 is 2.00 bits per heavy atom. The number of nitrogens with zero attached hydrogens (tertiary/aromatic N) is 7. The van der Waals surface area contributed by atoms with Crippen molar-refractivity contribution in [3.05, 3.63) is 12.7 Å². The average molecular weight is 308 g/mol. The highest BCUT2D eigenvalue weighted by Gasteiger charge is 2.19. The molecule has 0 saturated carbocycles. The minimum absolute atomic E-state index is 0.417. The van der Waals surface area contributed by atoms with E-state index >= 15 is 0 Å². The summed E-state index contributed by atoms with van der Waals surface area (Å²) in [6.45, 7) is 4.05. The van der Waals surface area contributed by atoms with Gasteiger partial charge in [-0.15, -0.1) is 0 Å². The predicted molar refractivity (Wildman–Crippen MR) is 79.0 cm³/mol. The van der Waals surface area contributed by atoms with Crippen LogP contribution in [0, 0.1) is 0 Å². The van der Waals surface area contributed by atoms with Gasteiger partial charge in [0.2, 0.25) is 11.9 Å². The van der Waals surface area contributed by atoms with Gasteiger partial charge in [-0.25, -0.2) is 4.98 Å². The lowest BCUT2D eigenvalue weighted by Gasteiger charge is -2.26. The zero-order valence-corrected chi connectivity index (χ0v) is 12.5. The number of nitrogens with one attached hydrogen (secondary N) is 1. The topological polar surface area (TPSA) is 102 Å². The fourth-order valence-electron chi connectivity index (χ4n) is 1.98. The molecular formula is C11H16N8OS. The molecule has 3 heterocycles. The molecule has 0 aromatic carbocycles. The monoisotopic (exact) mass is 308 g/mol. The second-order valence-electron chi connectivity index (χ2n) is 4.46. The van der Waals surface area contributed by atoms with E-state index in [1.807, 2.05) is 11.8 Å². The third kappa shape index (κ3) is 3.15. The molecule has 21 heavy (non-hydrogen) atoms. The molecule has 10 heteroatoms. The van der Waals surface area contributed by atoms with Crippen LogP contribution >= 0.6 is 0 Å². The summed E-state index contributed by atoms with van der Waals surface area (Å²) in [6.07, 6.45) is 2.97. The molecule has 1 aliphatic heterocycles. The number of anilines is 2. The SMILES string of the molecule is CCNc1nc(N2CCS(=O)CC2)nc(-n2cncn2)n1. The van der Waals surface area contributed by atoms with Crippen LogP contribution in [0.25, 0.3) is 5.95 Å². The minimum Gasteiger partial charge on any atom is -0.354 e. The molecule has 112 valence electrons. The first-order valence-electron chi connectivity index (χ1n) is 6.71. The zero-order chi connectivity index (χ0) is 14.7. The molecule has 0 aliphatic carbocycles. The van der Waals surface area contributed by atoms with Crippen LogP contribution in [0.4, 0.5) is 11.9 Å². The normalized spacial score (nSPS) is 16.1. The van der Waals surface area contributed by atoms with Gasteiger partial charge in [-0.2, -0.15) is 24.7 Å². The molecule has 0 spiro atoms. The first-order valence-corrected chi connectivity index (χ1v) is 8.20. The Morgan fingerprint density at radius 3 is 2.67 bits per heavy atom. The van der Waals surface area contributed by atoms with E-state index in [4.69, 9.17) is 0 Å². The molecule has 0 unspecified atom stereocenters. The van der Waals surface area contributed by atoms with Gasteiger partial charge in [0.05, 0.1) is 0 Å². The highest BCUT2D eigenvalue weighted by atomic mass is 32.2. The Hall–Kier alpha value is -2.10. The number of rotatable bonds is 4. The summed E-state index contributed by atoms with van der Waals surface area (Å²) < 4.78 is 13.0. The lowest BCUT2D eigenvalue weighted by molar-refractivity contribution is 0.670. The summed E-state index contributed by atoms with van der Waals surface area (Å²) >= 11 is 0. The smallest absolute Gasteiger partial charge is 0.258 e. The van der Waals surface area contributed by atoms with Crippen molar-refractivity contribution in [2.75, 3.05) is 41.4 Å². The molecule has 2 aromatic rings. The minimum atomic E-state index is -0.734. The quantitative estimate of drug-likeness (QED) is 0.803. The van der Waals surface area contributed by atoms with Gasteiger partial charge in [0.25, 0.3) is 5.95 Å². The molecule has 2 aromatic heterocycles. The molecule has 1 N–H and O–H groups in total. The maximum atomic E-state index is 11.5. The average Bonchev–Trinajstić information content (AvgIpc) is 3.02. The van der Waals surface area contributed by atoms with Crippen LogP contribution < -0.4 is 10.2 Å². The Bertz CT molecular complexity index is 621. The lowest BCUT2D eigenvalue weighted by Crippen LogP contribution is -2.39. The van der Waals surface area contributed by atoms with Crippen LogP contribution in [0.15, 0.2) is 12.7 Å². The molecule has 0 amide bonds. The second kappa shape index (κ2) is 6.12. The van der Waals surface area contributed by atoms with E-state index in [0.717, 1.165) is 0 Å². The number of hydrogen-bond donors (Lipinski definition) is 1. The van der Waals surface area contributed by atoms with E-state index in [9.17, 15) is 4.21 Å². The maximum absolute atomic E-state index is 11.5. The second-order valence-corrected chi connectivity index (χ2v) is 6.16. The summed E-state index contributed by atoms with van der Waals surface area (Å²) in [5, 5.41) is 7.13. The van der Waals surface area contributed by atoms with Crippen molar-refractivity contribution in [3.8, 4) is 5.95 Å². The third-order valence-corrected chi connectivity index (χ3v) is 4.31. The van der Waals surface area contributed by atoms with E-state index in [1.165, 1.54) is 11.0 Å². The van der Waals surface area contributed by atoms with Gasteiger partial charge in [-0.3, -0.25) is 4.21 Å². The fourth-order valence-corrected chi connectivity index (χ4v) is 3.04. The highest BCUT2D eigenvalue weighted by Crippen LogP contribution is 2.14. The van der Waals surface area contributed by atoms with Crippen LogP contribution in [0.3, 0.4) is 0 Å². The molecule has 3 rings (SSSR count). The Balaban J connectivity index is 1.93. The Morgan fingerprint density at radius 1 is 1.24 bits per heavy atom. The van der Waals surface area contributed by atoms with Gasteiger partial charge < -0.3 is 10.2 Å². The van der Waals surface area contributed by atoms with Crippen molar-refractivity contribution in [1.29, 1.82) is 0 Å². The van der Waals surface area contributed by atoms with E-state index < -0.39 is 10.8 Å². The highest BCUT2D eigenvalue weighted by molar-refractivity contribution is 7.85. The maximum Gasteiger partial charge on any atom is 0.258 e. The van der Waals surface area contributed by atoms with Crippen LogP contribution in [0.2, 0.25) is 0 Å². The van der Waals surface area contributed by atoms with E-state index in [0.29, 0.717) is 49.0 Å². The molecule has 1 fully saturated rings. The van der Waals surface area contributed by atoms with Gasteiger partial charge in [-0.1, -0.05) is 0 Å². The van der Waals surface area contributed by atoms with Crippen LogP contribution in [0.5, 0.6) is 0 Å². The molecule has 1 aliphatic rings. The summed E-state index contributed by atoms with van der Waals surface area (Å²) in [7, 11) is -0.734. The van der Waals surface area contributed by atoms with Crippen molar-refractivity contribution in [3.63, 3.8) is 0 Å². The fraction of sp³-hybridized carbons (Fsp3) is 0.545. The molecule has 0 radical (unpaired) electrons.